The summed E-state index contributed by atoms with van der Waals surface area (Å²) in [4.78, 5) is 4.90. The van der Waals surface area contributed by atoms with Gasteiger partial charge in [0.05, 0.1) is 12.3 Å². The van der Waals surface area contributed by atoms with Crippen molar-refractivity contribution in [1.29, 1.82) is 0 Å². The molecule has 118 valence electrons. The third-order valence-corrected chi connectivity index (χ3v) is 4.07. The summed E-state index contributed by atoms with van der Waals surface area (Å²) in [6.45, 7) is 6.57. The Morgan fingerprint density at radius 3 is 2.77 bits per heavy atom. The molecule has 0 aliphatic carbocycles. The summed E-state index contributed by atoms with van der Waals surface area (Å²) in [5.41, 5.74) is 1.03. The fraction of sp³-hybridized carbons (Fsp3) is 0.471. The van der Waals surface area contributed by atoms with E-state index in [9.17, 15) is 0 Å². The molecule has 2 heterocycles. The number of nitrogens with zero attached hydrogens (tertiary/aromatic N) is 4. The Labute approximate surface area is 132 Å². The molecule has 5 heteroatoms. The molecule has 1 aromatic heterocycles. The van der Waals surface area contributed by atoms with E-state index in [1.807, 2.05) is 41.2 Å². The van der Waals surface area contributed by atoms with E-state index < -0.39 is 0 Å². The average Bonchev–Trinajstić information content (AvgIpc) is 3.08. The van der Waals surface area contributed by atoms with Gasteiger partial charge in [-0.05, 0) is 31.7 Å². The second kappa shape index (κ2) is 7.42. The molecule has 0 N–H and O–H groups in total. The second-order valence-corrected chi connectivity index (χ2v) is 5.79. The molecule has 3 rings (SSSR count). The van der Waals surface area contributed by atoms with Crippen LogP contribution in [0.1, 0.15) is 6.42 Å². The Morgan fingerprint density at radius 1 is 1.14 bits per heavy atom. The van der Waals surface area contributed by atoms with Crippen LogP contribution in [0.4, 0.5) is 0 Å². The molecular formula is C17H24N4O. The van der Waals surface area contributed by atoms with E-state index in [1.165, 1.54) is 26.2 Å². The first-order valence-electron chi connectivity index (χ1n) is 7.95. The highest BCUT2D eigenvalue weighted by molar-refractivity contribution is 5.38. The maximum atomic E-state index is 5.88. The minimum atomic E-state index is 0.759. The van der Waals surface area contributed by atoms with Gasteiger partial charge >= 0.3 is 0 Å². The first-order valence-corrected chi connectivity index (χ1v) is 7.95. The lowest BCUT2D eigenvalue weighted by Crippen LogP contribution is -2.44. The monoisotopic (exact) mass is 300 g/mol. The number of rotatable bonds is 6. The van der Waals surface area contributed by atoms with Crippen LogP contribution in [0.3, 0.4) is 0 Å². The Kier molecular flexibility index (Phi) is 5.08. The molecule has 1 fully saturated rings. The first-order chi connectivity index (χ1) is 10.8. The van der Waals surface area contributed by atoms with Crippen LogP contribution in [0.15, 0.2) is 42.7 Å². The van der Waals surface area contributed by atoms with Gasteiger partial charge in [-0.25, -0.2) is 4.68 Å². The highest BCUT2D eigenvalue weighted by atomic mass is 16.5. The largest absolute Gasteiger partial charge is 0.493 e. The molecule has 1 saturated heterocycles. The van der Waals surface area contributed by atoms with Gasteiger partial charge in [0, 0.05) is 51.2 Å². The number of benzene rings is 1. The lowest BCUT2D eigenvalue weighted by atomic mass is 10.3. The molecule has 0 unspecified atom stereocenters. The van der Waals surface area contributed by atoms with Crippen molar-refractivity contribution in [3.8, 4) is 11.4 Å². The van der Waals surface area contributed by atoms with Gasteiger partial charge < -0.3 is 14.5 Å². The standard InChI is InChI=1S/C17H24N4O/c1-19-10-12-20(13-11-19)8-4-14-22-17-6-2-5-16(15-17)21-9-3-7-18-21/h2-3,5-7,9,15H,4,8,10-14H2,1H3. The van der Waals surface area contributed by atoms with Crippen LogP contribution in [0, 0.1) is 0 Å². The SMILES string of the molecule is CN1CCN(CCCOc2cccc(-n3cccn3)c2)CC1. The van der Waals surface area contributed by atoms with Crippen LogP contribution in [0.25, 0.3) is 5.69 Å². The summed E-state index contributed by atoms with van der Waals surface area (Å²) in [7, 11) is 2.19. The van der Waals surface area contributed by atoms with E-state index >= 15 is 0 Å². The van der Waals surface area contributed by atoms with Crippen LogP contribution in [-0.4, -0.2) is 66.0 Å². The van der Waals surface area contributed by atoms with Gasteiger partial charge in [-0.15, -0.1) is 0 Å². The molecule has 1 aromatic carbocycles. The molecular weight excluding hydrogens is 276 g/mol. The molecule has 22 heavy (non-hydrogen) atoms. The van der Waals surface area contributed by atoms with Gasteiger partial charge in [-0.2, -0.15) is 5.10 Å². The molecule has 1 aliphatic rings. The summed E-state index contributed by atoms with van der Waals surface area (Å²) >= 11 is 0. The van der Waals surface area contributed by atoms with Crippen LogP contribution in [0.2, 0.25) is 0 Å². The lowest BCUT2D eigenvalue weighted by Gasteiger charge is -2.32. The molecule has 1 aliphatic heterocycles. The average molecular weight is 300 g/mol. The molecule has 0 amide bonds. The molecule has 0 bridgehead atoms. The van der Waals surface area contributed by atoms with Crippen molar-refractivity contribution in [3.05, 3.63) is 42.7 Å². The van der Waals surface area contributed by atoms with Crippen molar-refractivity contribution < 1.29 is 4.74 Å². The van der Waals surface area contributed by atoms with Gasteiger partial charge in [-0.3, -0.25) is 0 Å². The minimum Gasteiger partial charge on any atom is -0.493 e. The molecule has 0 spiro atoms. The zero-order valence-corrected chi connectivity index (χ0v) is 13.2. The minimum absolute atomic E-state index is 0.759. The summed E-state index contributed by atoms with van der Waals surface area (Å²) in [6, 6.07) is 9.99. The van der Waals surface area contributed by atoms with Crippen molar-refractivity contribution in [2.45, 2.75) is 6.42 Å². The number of ether oxygens (including phenoxy) is 1. The van der Waals surface area contributed by atoms with E-state index in [4.69, 9.17) is 4.74 Å². The number of hydrogen-bond acceptors (Lipinski definition) is 4. The van der Waals surface area contributed by atoms with Gasteiger partial charge in [0.1, 0.15) is 5.75 Å². The summed E-state index contributed by atoms with van der Waals surface area (Å²) in [5.74, 6) is 0.909. The van der Waals surface area contributed by atoms with Gasteiger partial charge in [0.15, 0.2) is 0 Å². The molecule has 0 saturated carbocycles. The maximum absolute atomic E-state index is 5.88. The Hall–Kier alpha value is -1.85. The molecule has 2 aromatic rings. The number of hydrogen-bond donors (Lipinski definition) is 0. The third-order valence-electron chi connectivity index (χ3n) is 4.07. The number of aromatic nitrogens is 2. The predicted molar refractivity (Wildman–Crippen MR) is 87.6 cm³/mol. The summed E-state index contributed by atoms with van der Waals surface area (Å²) in [5, 5.41) is 4.24. The van der Waals surface area contributed by atoms with Crippen LogP contribution in [0.5, 0.6) is 5.75 Å². The fourth-order valence-corrected chi connectivity index (χ4v) is 2.69. The normalized spacial score (nSPS) is 16.8. The zero-order valence-electron chi connectivity index (χ0n) is 13.2. The predicted octanol–water partition coefficient (Wildman–Crippen LogP) is 1.89. The van der Waals surface area contributed by atoms with Crippen LogP contribution in [-0.2, 0) is 0 Å². The lowest BCUT2D eigenvalue weighted by molar-refractivity contribution is 0.145. The summed E-state index contributed by atoms with van der Waals surface area (Å²) in [6.07, 6.45) is 4.78. The highest BCUT2D eigenvalue weighted by Gasteiger charge is 2.12. The zero-order chi connectivity index (χ0) is 15.2. The summed E-state index contributed by atoms with van der Waals surface area (Å²) < 4.78 is 7.72. The van der Waals surface area contributed by atoms with E-state index in [2.05, 4.69) is 21.9 Å². The van der Waals surface area contributed by atoms with E-state index in [0.717, 1.165) is 31.0 Å². The number of likely N-dealkylation sites (N-methyl/N-ethyl adjacent to an activating group) is 1. The van der Waals surface area contributed by atoms with Crippen molar-refractivity contribution in [2.24, 2.45) is 0 Å². The molecule has 0 atom stereocenters. The quantitative estimate of drug-likeness (QED) is 0.763. The topological polar surface area (TPSA) is 33.5 Å². The van der Waals surface area contributed by atoms with Crippen molar-refractivity contribution in [3.63, 3.8) is 0 Å². The van der Waals surface area contributed by atoms with Crippen molar-refractivity contribution in [1.82, 2.24) is 19.6 Å². The Morgan fingerprint density at radius 2 is 2.00 bits per heavy atom. The smallest absolute Gasteiger partial charge is 0.121 e. The van der Waals surface area contributed by atoms with Crippen LogP contribution >= 0.6 is 0 Å². The van der Waals surface area contributed by atoms with Gasteiger partial charge in [-0.1, -0.05) is 6.07 Å². The van der Waals surface area contributed by atoms with Gasteiger partial charge in [0.2, 0.25) is 0 Å². The number of piperazine rings is 1. The second-order valence-electron chi connectivity index (χ2n) is 5.79. The maximum Gasteiger partial charge on any atom is 0.121 e. The van der Waals surface area contributed by atoms with Crippen LogP contribution < -0.4 is 4.74 Å². The van der Waals surface area contributed by atoms with Gasteiger partial charge in [0.25, 0.3) is 0 Å². The Bertz CT molecular complexity index is 562. The van der Waals surface area contributed by atoms with Crippen molar-refractivity contribution >= 4 is 0 Å². The third kappa shape index (κ3) is 4.08. The van der Waals surface area contributed by atoms with E-state index in [0.29, 0.717) is 0 Å². The van der Waals surface area contributed by atoms with E-state index in [1.54, 1.807) is 6.20 Å². The first kappa shape index (κ1) is 15.1. The highest BCUT2D eigenvalue weighted by Crippen LogP contribution is 2.16. The Balaban J connectivity index is 1.43. The molecule has 0 radical (unpaired) electrons. The molecule has 5 nitrogen and oxygen atoms in total. The van der Waals surface area contributed by atoms with Crippen molar-refractivity contribution in [2.75, 3.05) is 46.4 Å². The fourth-order valence-electron chi connectivity index (χ4n) is 2.69. The van der Waals surface area contributed by atoms with E-state index in [-0.39, 0.29) is 0 Å².